The zero-order valence-electron chi connectivity index (χ0n) is 22.2. The first-order chi connectivity index (χ1) is 18.6. The van der Waals surface area contributed by atoms with Gasteiger partial charge >= 0.3 is 5.97 Å². The van der Waals surface area contributed by atoms with E-state index in [4.69, 9.17) is 0 Å². The lowest BCUT2D eigenvalue weighted by Crippen LogP contribution is -2.41. The first-order valence-corrected chi connectivity index (χ1v) is 14.5. The van der Waals surface area contributed by atoms with Gasteiger partial charge in [0.2, 0.25) is 15.9 Å². The van der Waals surface area contributed by atoms with Gasteiger partial charge in [-0.1, -0.05) is 68.7 Å². The van der Waals surface area contributed by atoms with E-state index in [1.165, 1.54) is 79.9 Å². The molecule has 40 heavy (non-hydrogen) atoms. The summed E-state index contributed by atoms with van der Waals surface area (Å²) in [6, 6.07) is 18.3. The van der Waals surface area contributed by atoms with Crippen LogP contribution in [0, 0.1) is 6.92 Å². The number of likely N-dealkylation sites (N-methyl/N-ethyl adjacent to an activating group) is 1. The van der Waals surface area contributed by atoms with Crippen LogP contribution in [-0.4, -0.2) is 48.4 Å². The highest BCUT2D eigenvalue weighted by molar-refractivity contribution is 7.89. The lowest BCUT2D eigenvalue weighted by Gasteiger charge is -2.27. The van der Waals surface area contributed by atoms with Gasteiger partial charge in [-0.05, 0) is 61.1 Å². The maximum atomic E-state index is 13.6. The fourth-order valence-corrected chi connectivity index (χ4v) is 6.08. The largest absolute Gasteiger partial charge is 0.507 e. The molecule has 1 aliphatic carbocycles. The molecule has 3 aromatic carbocycles. The van der Waals surface area contributed by atoms with Gasteiger partial charge in [0.25, 0.3) is 0 Å². The number of carboxylic acid groups (broad SMARTS) is 1. The number of carbonyl (C=O) groups is 2. The molecule has 0 aliphatic heterocycles. The molecule has 0 bridgehead atoms. The van der Waals surface area contributed by atoms with Crippen LogP contribution < -0.4 is 4.90 Å². The number of carboxylic acids is 1. The van der Waals surface area contributed by atoms with Crippen LogP contribution in [0.1, 0.15) is 72.5 Å². The molecule has 214 valence electrons. The van der Waals surface area contributed by atoms with E-state index in [-0.39, 0.29) is 30.1 Å². The molecule has 0 atom stereocenters. The summed E-state index contributed by atoms with van der Waals surface area (Å²) in [4.78, 5) is 26.4. The number of sulfonamides is 1. The Labute approximate surface area is 236 Å². The number of hydrogen-bond acceptors (Lipinski definition) is 5. The number of amides is 1. The number of aromatic carboxylic acids is 1. The highest BCUT2D eigenvalue weighted by atomic mass is 32.2. The molecule has 4 rings (SSSR count). The summed E-state index contributed by atoms with van der Waals surface area (Å²) in [7, 11) is -2.58. The Balaban J connectivity index is 0.00000441. The van der Waals surface area contributed by atoms with Crippen molar-refractivity contribution in [1.29, 1.82) is 0 Å². The minimum Gasteiger partial charge on any atom is -0.507 e. The second-order valence-electron chi connectivity index (χ2n) is 10.1. The van der Waals surface area contributed by atoms with Crippen LogP contribution in [0.4, 0.5) is 5.69 Å². The van der Waals surface area contributed by atoms with Crippen LogP contribution >= 0.6 is 0 Å². The summed E-state index contributed by atoms with van der Waals surface area (Å²) in [6.45, 7) is 1.53. The Morgan fingerprint density at radius 1 is 0.925 bits per heavy atom. The number of anilines is 1. The Morgan fingerprint density at radius 3 is 2.12 bits per heavy atom. The van der Waals surface area contributed by atoms with E-state index < -0.39 is 34.2 Å². The number of nitrogens with zero attached hydrogens (tertiary/aromatic N) is 2. The second-order valence-corrected chi connectivity index (χ2v) is 12.2. The molecule has 0 aromatic heterocycles. The van der Waals surface area contributed by atoms with E-state index in [9.17, 15) is 28.2 Å². The predicted molar refractivity (Wildman–Crippen MR) is 156 cm³/mol. The minimum atomic E-state index is -3.92. The molecular formula is C31H38N2O6S. The molecule has 1 fully saturated rings. The number of hydrogen-bond donors (Lipinski definition) is 2. The number of aryl methyl sites for hydroxylation is 1. The van der Waals surface area contributed by atoms with E-state index in [0.717, 1.165) is 15.4 Å². The first kappa shape index (κ1) is 30.8. The average Bonchev–Trinajstić information content (AvgIpc) is 2.92. The molecule has 2 N–H and O–H groups in total. The van der Waals surface area contributed by atoms with Crippen LogP contribution in [0.15, 0.2) is 71.6 Å². The van der Waals surface area contributed by atoms with Crippen molar-refractivity contribution in [3.63, 3.8) is 0 Å². The van der Waals surface area contributed by atoms with Gasteiger partial charge in [0, 0.05) is 18.8 Å². The van der Waals surface area contributed by atoms with Gasteiger partial charge in [-0.2, -0.15) is 4.31 Å². The molecule has 8 nitrogen and oxygen atoms in total. The van der Waals surface area contributed by atoms with E-state index in [1.807, 2.05) is 19.1 Å². The normalized spacial score (nSPS) is 14.0. The number of aromatic hydroxyl groups is 1. The van der Waals surface area contributed by atoms with Crippen molar-refractivity contribution in [2.24, 2.45) is 0 Å². The van der Waals surface area contributed by atoms with Crippen LogP contribution in [0.25, 0.3) is 0 Å². The highest BCUT2D eigenvalue weighted by Crippen LogP contribution is 2.33. The number of rotatable bonds is 9. The Morgan fingerprint density at radius 2 is 1.55 bits per heavy atom. The topological polar surface area (TPSA) is 115 Å². The van der Waals surface area contributed by atoms with Crippen molar-refractivity contribution < 1.29 is 28.2 Å². The Bertz CT molecular complexity index is 1430. The summed E-state index contributed by atoms with van der Waals surface area (Å²) in [6.07, 6.45) is 6.06. The van der Waals surface area contributed by atoms with E-state index in [1.54, 1.807) is 12.1 Å². The van der Waals surface area contributed by atoms with Gasteiger partial charge in [0.15, 0.2) is 0 Å². The van der Waals surface area contributed by atoms with Gasteiger partial charge < -0.3 is 15.1 Å². The highest BCUT2D eigenvalue weighted by Gasteiger charge is 2.27. The van der Waals surface area contributed by atoms with Crippen molar-refractivity contribution in [3.05, 3.63) is 89.0 Å². The molecule has 0 saturated heterocycles. The molecule has 9 heteroatoms. The summed E-state index contributed by atoms with van der Waals surface area (Å²) >= 11 is 0. The van der Waals surface area contributed by atoms with Crippen molar-refractivity contribution in [3.8, 4) is 5.75 Å². The summed E-state index contributed by atoms with van der Waals surface area (Å²) in [5, 5.41) is 19.6. The third-order valence-electron chi connectivity index (χ3n) is 7.31. The zero-order valence-corrected chi connectivity index (χ0v) is 23.0. The van der Waals surface area contributed by atoms with Crippen LogP contribution in [-0.2, 0) is 21.4 Å². The number of phenols is 1. The summed E-state index contributed by atoms with van der Waals surface area (Å²) < 4.78 is 27.2. The summed E-state index contributed by atoms with van der Waals surface area (Å²) in [5.74, 6) is -1.76. The Hall–Kier alpha value is -3.69. The quantitative estimate of drug-likeness (QED) is 0.331. The summed E-state index contributed by atoms with van der Waals surface area (Å²) in [5.41, 5.74) is 2.98. The predicted octanol–water partition coefficient (Wildman–Crippen LogP) is 5.94. The SMILES string of the molecule is C.Cc1ccc(S(=O)(=O)N(C)CC(=O)N(Cc2ccc(C3CCCCC3)cc2)c2ccc(C(=O)O)c(O)c2)cc1. The van der Waals surface area contributed by atoms with Crippen LogP contribution in [0.3, 0.4) is 0 Å². The monoisotopic (exact) mass is 566 g/mol. The molecule has 3 aromatic rings. The third-order valence-corrected chi connectivity index (χ3v) is 9.13. The van der Waals surface area contributed by atoms with Gasteiger partial charge in [-0.15, -0.1) is 0 Å². The third kappa shape index (κ3) is 7.08. The molecule has 0 unspecified atom stereocenters. The smallest absolute Gasteiger partial charge is 0.339 e. The Kier molecular flexibility index (Phi) is 10.1. The standard InChI is InChI=1S/C30H34N2O6S.CH4/c1-21-8-15-26(16-9-21)39(37,38)31(2)20-29(34)32(25-14-17-27(30(35)36)28(33)18-25)19-22-10-12-24(13-11-22)23-6-4-3-5-7-23;/h8-18,23,33H,3-7,19-20H2,1-2H3,(H,35,36);1H4. The molecule has 1 saturated carbocycles. The maximum Gasteiger partial charge on any atom is 0.339 e. The molecule has 0 spiro atoms. The zero-order chi connectivity index (χ0) is 28.2. The number of carbonyl (C=O) groups excluding carboxylic acids is 1. The molecular weight excluding hydrogens is 528 g/mol. The van der Waals surface area contributed by atoms with Crippen LogP contribution in [0.5, 0.6) is 5.75 Å². The van der Waals surface area contributed by atoms with Crippen molar-refractivity contribution in [2.45, 2.75) is 63.8 Å². The maximum absolute atomic E-state index is 13.6. The lowest BCUT2D eigenvalue weighted by molar-refractivity contribution is -0.118. The minimum absolute atomic E-state index is 0. The van der Waals surface area contributed by atoms with Crippen LogP contribution in [0.2, 0.25) is 0 Å². The van der Waals surface area contributed by atoms with Crippen molar-refractivity contribution in [1.82, 2.24) is 4.31 Å². The molecule has 0 heterocycles. The fourth-order valence-electron chi connectivity index (χ4n) is 4.96. The first-order valence-electron chi connectivity index (χ1n) is 13.0. The van der Waals surface area contributed by atoms with Gasteiger partial charge in [0.05, 0.1) is 18.0 Å². The van der Waals surface area contributed by atoms with E-state index in [0.29, 0.717) is 5.92 Å². The number of benzene rings is 3. The van der Waals surface area contributed by atoms with Crippen molar-refractivity contribution >= 4 is 27.6 Å². The molecule has 1 aliphatic rings. The second kappa shape index (κ2) is 13.1. The molecule has 0 radical (unpaired) electrons. The van der Waals surface area contributed by atoms with Gasteiger partial charge in [-0.3, -0.25) is 4.79 Å². The van der Waals surface area contributed by atoms with Gasteiger partial charge in [0.1, 0.15) is 11.3 Å². The average molecular weight is 567 g/mol. The lowest BCUT2D eigenvalue weighted by atomic mass is 9.84. The van der Waals surface area contributed by atoms with E-state index in [2.05, 4.69) is 12.1 Å². The fraction of sp³-hybridized carbons (Fsp3) is 0.355. The van der Waals surface area contributed by atoms with Crippen molar-refractivity contribution in [2.75, 3.05) is 18.5 Å². The molecule has 1 amide bonds. The van der Waals surface area contributed by atoms with Gasteiger partial charge in [-0.25, -0.2) is 13.2 Å². The van der Waals surface area contributed by atoms with E-state index >= 15 is 0 Å².